The number of benzene rings is 1. The molecule has 118 valence electrons. The van der Waals surface area contributed by atoms with Crippen molar-refractivity contribution in [3.8, 4) is 0 Å². The molecule has 1 aliphatic rings. The van der Waals surface area contributed by atoms with Gasteiger partial charge in [-0.05, 0) is 49.6 Å². The number of likely N-dealkylation sites (N-methyl/N-ethyl adjacent to an activating group) is 1. The quantitative estimate of drug-likeness (QED) is 0.915. The molecule has 2 N–H and O–H groups in total. The molecule has 2 rings (SSSR count). The molecule has 0 heterocycles. The molecule has 21 heavy (non-hydrogen) atoms. The Balaban J connectivity index is 1.92. The van der Waals surface area contributed by atoms with Crippen molar-refractivity contribution < 1.29 is 0 Å². The molecule has 0 saturated heterocycles. The van der Waals surface area contributed by atoms with E-state index in [0.29, 0.717) is 17.5 Å². The van der Waals surface area contributed by atoms with Gasteiger partial charge in [0.05, 0.1) is 0 Å². The first-order valence-electron chi connectivity index (χ1n) is 8.37. The number of hydrogen-bond acceptors (Lipinski definition) is 2. The van der Waals surface area contributed by atoms with Crippen LogP contribution < -0.4 is 5.73 Å². The van der Waals surface area contributed by atoms with E-state index in [1.807, 2.05) is 0 Å². The summed E-state index contributed by atoms with van der Waals surface area (Å²) in [5.41, 5.74) is 8.23. The third-order valence-corrected chi connectivity index (χ3v) is 5.26. The summed E-state index contributed by atoms with van der Waals surface area (Å²) < 4.78 is 0. The van der Waals surface area contributed by atoms with Crippen molar-refractivity contribution in [3.05, 3.63) is 35.9 Å². The summed E-state index contributed by atoms with van der Waals surface area (Å²) >= 11 is 0. The molecule has 0 aromatic heterocycles. The Kier molecular flexibility index (Phi) is 5.45. The van der Waals surface area contributed by atoms with Crippen LogP contribution in [0.3, 0.4) is 0 Å². The lowest BCUT2D eigenvalue weighted by Gasteiger charge is -2.44. The smallest absolute Gasteiger partial charge is 0.0247 e. The van der Waals surface area contributed by atoms with Crippen LogP contribution in [0.15, 0.2) is 30.3 Å². The number of hydrogen-bond donors (Lipinski definition) is 1. The van der Waals surface area contributed by atoms with E-state index >= 15 is 0 Å². The first-order chi connectivity index (χ1) is 9.88. The fourth-order valence-corrected chi connectivity index (χ4v) is 3.58. The maximum absolute atomic E-state index is 6.41. The molecule has 3 unspecified atom stereocenters. The van der Waals surface area contributed by atoms with E-state index in [4.69, 9.17) is 5.73 Å². The second-order valence-corrected chi connectivity index (χ2v) is 7.82. The summed E-state index contributed by atoms with van der Waals surface area (Å²) in [5, 5.41) is 0. The maximum atomic E-state index is 6.41. The maximum Gasteiger partial charge on any atom is 0.0247 e. The second kappa shape index (κ2) is 6.93. The van der Waals surface area contributed by atoms with Crippen LogP contribution in [0.2, 0.25) is 0 Å². The Hall–Kier alpha value is -0.860. The van der Waals surface area contributed by atoms with Crippen molar-refractivity contribution in [2.75, 3.05) is 13.6 Å². The van der Waals surface area contributed by atoms with E-state index < -0.39 is 0 Å². The topological polar surface area (TPSA) is 29.3 Å². The van der Waals surface area contributed by atoms with E-state index in [9.17, 15) is 0 Å². The molecular weight excluding hydrogens is 256 g/mol. The molecule has 0 radical (unpaired) electrons. The average Bonchev–Trinajstić information content (AvgIpc) is 2.45. The van der Waals surface area contributed by atoms with Crippen molar-refractivity contribution in [1.29, 1.82) is 0 Å². The van der Waals surface area contributed by atoms with Gasteiger partial charge < -0.3 is 10.6 Å². The van der Waals surface area contributed by atoms with Crippen molar-refractivity contribution in [2.24, 2.45) is 17.1 Å². The van der Waals surface area contributed by atoms with Crippen molar-refractivity contribution in [2.45, 2.75) is 58.5 Å². The van der Waals surface area contributed by atoms with Gasteiger partial charge in [0.1, 0.15) is 0 Å². The molecule has 2 heteroatoms. The molecule has 1 saturated carbocycles. The normalized spacial score (nSPS) is 27.0. The van der Waals surface area contributed by atoms with Gasteiger partial charge in [0.25, 0.3) is 0 Å². The summed E-state index contributed by atoms with van der Waals surface area (Å²) in [6, 6.07) is 11.6. The zero-order valence-corrected chi connectivity index (χ0v) is 14.2. The molecule has 0 aliphatic heterocycles. The van der Waals surface area contributed by atoms with Gasteiger partial charge in [-0.3, -0.25) is 0 Å². The molecule has 2 nitrogen and oxygen atoms in total. The highest BCUT2D eigenvalue weighted by atomic mass is 15.1. The SMILES string of the molecule is CN(CCc1ccccc1)C1CC(C(C)(C)C)CCC1N. The largest absolute Gasteiger partial charge is 0.326 e. The predicted octanol–water partition coefficient (Wildman–Crippen LogP) is 3.70. The Morgan fingerprint density at radius 3 is 2.43 bits per heavy atom. The molecule has 1 aromatic rings. The van der Waals surface area contributed by atoms with Gasteiger partial charge >= 0.3 is 0 Å². The zero-order chi connectivity index (χ0) is 15.5. The highest BCUT2D eigenvalue weighted by molar-refractivity contribution is 5.14. The molecule has 1 fully saturated rings. The molecule has 0 bridgehead atoms. The summed E-state index contributed by atoms with van der Waals surface area (Å²) in [7, 11) is 2.25. The van der Waals surface area contributed by atoms with E-state index in [-0.39, 0.29) is 0 Å². The van der Waals surface area contributed by atoms with E-state index in [1.54, 1.807) is 0 Å². The first kappa shape index (κ1) is 16.5. The Bertz CT molecular complexity index is 421. The highest BCUT2D eigenvalue weighted by Crippen LogP contribution is 2.38. The zero-order valence-electron chi connectivity index (χ0n) is 14.2. The van der Waals surface area contributed by atoms with Crippen molar-refractivity contribution >= 4 is 0 Å². The van der Waals surface area contributed by atoms with Crippen LogP contribution >= 0.6 is 0 Å². The van der Waals surface area contributed by atoms with Crippen molar-refractivity contribution in [3.63, 3.8) is 0 Å². The van der Waals surface area contributed by atoms with Crippen LogP contribution in [0.25, 0.3) is 0 Å². The van der Waals surface area contributed by atoms with Crippen LogP contribution in [-0.2, 0) is 6.42 Å². The summed E-state index contributed by atoms with van der Waals surface area (Å²) in [6.07, 6.45) is 4.81. The van der Waals surface area contributed by atoms with E-state index in [1.165, 1.54) is 24.8 Å². The lowest BCUT2D eigenvalue weighted by Crippen LogP contribution is -2.51. The molecule has 1 aliphatic carbocycles. The minimum atomic E-state index is 0.337. The van der Waals surface area contributed by atoms with E-state index in [0.717, 1.165) is 18.9 Å². The standard InChI is InChI=1S/C19H32N2/c1-19(2,3)16-10-11-17(20)18(14-16)21(4)13-12-15-8-6-5-7-9-15/h5-9,16-18H,10-14,20H2,1-4H3. The van der Waals surface area contributed by atoms with Crippen LogP contribution in [-0.4, -0.2) is 30.6 Å². The Morgan fingerprint density at radius 2 is 1.81 bits per heavy atom. The summed E-state index contributed by atoms with van der Waals surface area (Å²) in [5.74, 6) is 0.793. The monoisotopic (exact) mass is 288 g/mol. The van der Waals surface area contributed by atoms with Gasteiger partial charge in [0.2, 0.25) is 0 Å². The van der Waals surface area contributed by atoms with Gasteiger partial charge in [-0.25, -0.2) is 0 Å². The number of nitrogens with two attached hydrogens (primary N) is 1. The van der Waals surface area contributed by atoms with Crippen LogP contribution in [0.1, 0.15) is 45.6 Å². The fraction of sp³-hybridized carbons (Fsp3) is 0.684. The molecular formula is C19H32N2. The third kappa shape index (κ3) is 4.55. The first-order valence-corrected chi connectivity index (χ1v) is 8.37. The minimum Gasteiger partial charge on any atom is -0.326 e. The predicted molar refractivity (Wildman–Crippen MR) is 91.3 cm³/mol. The van der Waals surface area contributed by atoms with Gasteiger partial charge in [-0.15, -0.1) is 0 Å². The van der Waals surface area contributed by atoms with Crippen LogP contribution in [0.4, 0.5) is 0 Å². The van der Waals surface area contributed by atoms with Gasteiger partial charge in [-0.1, -0.05) is 51.1 Å². The third-order valence-electron chi connectivity index (χ3n) is 5.26. The highest BCUT2D eigenvalue weighted by Gasteiger charge is 2.35. The number of rotatable bonds is 4. The lowest BCUT2D eigenvalue weighted by molar-refractivity contribution is 0.0848. The summed E-state index contributed by atoms with van der Waals surface area (Å²) in [6.45, 7) is 8.21. The average molecular weight is 288 g/mol. The molecule has 3 atom stereocenters. The molecule has 0 amide bonds. The van der Waals surface area contributed by atoms with Gasteiger partial charge in [0.15, 0.2) is 0 Å². The second-order valence-electron chi connectivity index (χ2n) is 7.82. The van der Waals surface area contributed by atoms with Gasteiger partial charge in [0, 0.05) is 18.6 Å². The molecule has 1 aromatic carbocycles. The molecule has 0 spiro atoms. The Labute approximate surface area is 130 Å². The van der Waals surface area contributed by atoms with Crippen molar-refractivity contribution in [1.82, 2.24) is 4.90 Å². The number of nitrogens with zero attached hydrogens (tertiary/aromatic N) is 1. The lowest BCUT2D eigenvalue weighted by atomic mass is 9.69. The summed E-state index contributed by atoms with van der Waals surface area (Å²) in [4.78, 5) is 2.50. The van der Waals surface area contributed by atoms with Crippen LogP contribution in [0.5, 0.6) is 0 Å². The van der Waals surface area contributed by atoms with Gasteiger partial charge in [-0.2, -0.15) is 0 Å². The fourth-order valence-electron chi connectivity index (χ4n) is 3.58. The minimum absolute atomic E-state index is 0.337. The van der Waals surface area contributed by atoms with E-state index in [2.05, 4.69) is 63.1 Å². The Morgan fingerprint density at radius 1 is 1.14 bits per heavy atom. The van der Waals surface area contributed by atoms with Crippen LogP contribution in [0, 0.1) is 11.3 Å².